The summed E-state index contributed by atoms with van der Waals surface area (Å²) in [5.41, 5.74) is 1.66. The number of carbonyl (C=O) groups is 1. The Balaban J connectivity index is 1.36. The number of nitrogens with zero attached hydrogens (tertiary/aromatic N) is 4. The first-order valence-electron chi connectivity index (χ1n) is 8.62. The average molecular weight is 326 g/mol. The van der Waals surface area contributed by atoms with Crippen LogP contribution in [0.4, 0.5) is 0 Å². The molecule has 0 radical (unpaired) electrons. The van der Waals surface area contributed by atoms with Crippen LogP contribution in [-0.2, 0) is 0 Å². The van der Waals surface area contributed by atoms with Crippen LogP contribution in [0.15, 0.2) is 35.1 Å². The number of hydrogen-bond acceptors (Lipinski definition) is 5. The maximum absolute atomic E-state index is 12.6. The second-order valence-electron chi connectivity index (χ2n) is 6.68. The zero-order chi connectivity index (χ0) is 16.5. The van der Waals surface area contributed by atoms with E-state index in [1.807, 2.05) is 23.2 Å². The van der Waals surface area contributed by atoms with Gasteiger partial charge in [0.2, 0.25) is 0 Å². The standard InChI is InChI=1S/C18H22N4O2/c1-13(15-3-2-6-19-12-15)21-7-9-22(10-8-21)18(23)16-11-17(24-20-16)14-4-5-14/h2-3,6,11-14H,4-5,7-10H2,1H3. The minimum atomic E-state index is -0.0145. The van der Waals surface area contributed by atoms with Gasteiger partial charge in [-0.05, 0) is 31.4 Å². The Morgan fingerprint density at radius 1 is 1.29 bits per heavy atom. The number of piperazine rings is 1. The summed E-state index contributed by atoms with van der Waals surface area (Å²) in [4.78, 5) is 21.0. The molecule has 1 aliphatic heterocycles. The Labute approximate surface area is 141 Å². The molecule has 1 unspecified atom stereocenters. The Kier molecular flexibility index (Phi) is 4.06. The zero-order valence-corrected chi connectivity index (χ0v) is 13.9. The minimum Gasteiger partial charge on any atom is -0.360 e. The smallest absolute Gasteiger partial charge is 0.276 e. The second kappa shape index (κ2) is 6.36. The van der Waals surface area contributed by atoms with Crippen LogP contribution >= 0.6 is 0 Å². The molecule has 0 N–H and O–H groups in total. The van der Waals surface area contributed by atoms with Crippen LogP contribution in [0, 0.1) is 0 Å². The molecule has 24 heavy (non-hydrogen) atoms. The minimum absolute atomic E-state index is 0.0145. The van der Waals surface area contributed by atoms with Gasteiger partial charge >= 0.3 is 0 Å². The van der Waals surface area contributed by atoms with E-state index in [-0.39, 0.29) is 5.91 Å². The molecular formula is C18H22N4O2. The highest BCUT2D eigenvalue weighted by Gasteiger charge is 2.31. The van der Waals surface area contributed by atoms with E-state index in [9.17, 15) is 4.79 Å². The highest BCUT2D eigenvalue weighted by atomic mass is 16.5. The molecule has 6 heteroatoms. The first-order valence-corrected chi connectivity index (χ1v) is 8.62. The molecule has 3 heterocycles. The number of aromatic nitrogens is 2. The third-order valence-corrected chi connectivity index (χ3v) is 5.04. The van der Waals surface area contributed by atoms with Crippen molar-refractivity contribution in [3.05, 3.63) is 47.6 Å². The van der Waals surface area contributed by atoms with E-state index >= 15 is 0 Å². The average Bonchev–Trinajstić information content (AvgIpc) is 3.38. The zero-order valence-electron chi connectivity index (χ0n) is 13.9. The monoisotopic (exact) mass is 326 g/mol. The molecule has 0 bridgehead atoms. The van der Waals surface area contributed by atoms with Gasteiger partial charge in [0.15, 0.2) is 5.69 Å². The fraction of sp³-hybridized carbons (Fsp3) is 0.500. The molecule has 0 spiro atoms. The Hall–Kier alpha value is -2.21. The van der Waals surface area contributed by atoms with Gasteiger partial charge in [0.05, 0.1) is 0 Å². The summed E-state index contributed by atoms with van der Waals surface area (Å²) in [5.74, 6) is 1.33. The van der Waals surface area contributed by atoms with Gasteiger partial charge in [-0.3, -0.25) is 14.7 Å². The summed E-state index contributed by atoms with van der Waals surface area (Å²) >= 11 is 0. The molecule has 6 nitrogen and oxygen atoms in total. The number of hydrogen-bond donors (Lipinski definition) is 0. The maximum atomic E-state index is 12.6. The lowest BCUT2D eigenvalue weighted by Crippen LogP contribution is -2.49. The number of rotatable bonds is 4. The lowest BCUT2D eigenvalue weighted by Gasteiger charge is -2.37. The van der Waals surface area contributed by atoms with Gasteiger partial charge in [-0.15, -0.1) is 0 Å². The predicted molar refractivity (Wildman–Crippen MR) is 88.6 cm³/mol. The Bertz CT molecular complexity index is 703. The molecule has 126 valence electrons. The first kappa shape index (κ1) is 15.3. The Morgan fingerprint density at radius 3 is 2.75 bits per heavy atom. The van der Waals surface area contributed by atoms with Crippen LogP contribution in [-0.4, -0.2) is 52.0 Å². The molecule has 1 saturated carbocycles. The van der Waals surface area contributed by atoms with Crippen LogP contribution in [0.2, 0.25) is 0 Å². The first-order chi connectivity index (χ1) is 11.7. The van der Waals surface area contributed by atoms with E-state index in [1.54, 1.807) is 6.20 Å². The van der Waals surface area contributed by atoms with Crippen LogP contribution in [0.3, 0.4) is 0 Å². The third kappa shape index (κ3) is 3.06. The van der Waals surface area contributed by atoms with Crippen molar-refractivity contribution >= 4 is 5.91 Å². The van der Waals surface area contributed by atoms with Crippen molar-refractivity contribution < 1.29 is 9.32 Å². The third-order valence-electron chi connectivity index (χ3n) is 5.04. The van der Waals surface area contributed by atoms with Gasteiger partial charge in [-0.25, -0.2) is 0 Å². The van der Waals surface area contributed by atoms with Crippen molar-refractivity contribution in [2.45, 2.75) is 31.7 Å². The largest absolute Gasteiger partial charge is 0.360 e. The van der Waals surface area contributed by atoms with Crippen molar-refractivity contribution in [3.63, 3.8) is 0 Å². The lowest BCUT2D eigenvalue weighted by atomic mass is 10.1. The molecular weight excluding hydrogens is 304 g/mol. The molecule has 1 amide bonds. The molecule has 2 fully saturated rings. The fourth-order valence-electron chi connectivity index (χ4n) is 3.26. The summed E-state index contributed by atoms with van der Waals surface area (Å²) in [6.45, 7) is 5.34. The molecule has 2 aromatic rings. The summed E-state index contributed by atoms with van der Waals surface area (Å²) in [5, 5.41) is 3.97. The summed E-state index contributed by atoms with van der Waals surface area (Å²) in [7, 11) is 0. The SMILES string of the molecule is CC(c1cccnc1)N1CCN(C(=O)c2cc(C3CC3)on2)CC1. The maximum Gasteiger partial charge on any atom is 0.276 e. The molecule has 4 rings (SSSR count). The fourth-order valence-corrected chi connectivity index (χ4v) is 3.26. The van der Waals surface area contributed by atoms with Crippen LogP contribution in [0.25, 0.3) is 0 Å². The quantitative estimate of drug-likeness (QED) is 0.864. The topological polar surface area (TPSA) is 62.5 Å². The van der Waals surface area contributed by atoms with Gasteiger partial charge in [0.1, 0.15) is 5.76 Å². The van der Waals surface area contributed by atoms with Crippen molar-refractivity contribution in [2.24, 2.45) is 0 Å². The van der Waals surface area contributed by atoms with E-state index < -0.39 is 0 Å². The number of amides is 1. The molecule has 1 aliphatic carbocycles. The highest BCUT2D eigenvalue weighted by Crippen LogP contribution is 2.40. The molecule has 2 aromatic heterocycles. The lowest BCUT2D eigenvalue weighted by molar-refractivity contribution is 0.0572. The van der Waals surface area contributed by atoms with Gasteiger partial charge in [0, 0.05) is 56.6 Å². The summed E-state index contributed by atoms with van der Waals surface area (Å²) < 4.78 is 5.30. The van der Waals surface area contributed by atoms with Gasteiger partial charge in [0.25, 0.3) is 5.91 Å². The van der Waals surface area contributed by atoms with E-state index in [0.717, 1.165) is 44.8 Å². The van der Waals surface area contributed by atoms with Crippen LogP contribution in [0.1, 0.15) is 53.5 Å². The van der Waals surface area contributed by atoms with E-state index in [2.05, 4.69) is 28.0 Å². The molecule has 2 aliphatic rings. The van der Waals surface area contributed by atoms with E-state index in [4.69, 9.17) is 4.52 Å². The normalized spacial score (nSPS) is 20.1. The van der Waals surface area contributed by atoms with Gasteiger partial charge in [-0.2, -0.15) is 0 Å². The van der Waals surface area contributed by atoms with E-state index in [1.165, 1.54) is 5.56 Å². The summed E-state index contributed by atoms with van der Waals surface area (Å²) in [6, 6.07) is 6.20. The van der Waals surface area contributed by atoms with Crippen molar-refractivity contribution in [3.8, 4) is 0 Å². The van der Waals surface area contributed by atoms with Crippen molar-refractivity contribution in [1.82, 2.24) is 19.9 Å². The Morgan fingerprint density at radius 2 is 2.08 bits per heavy atom. The number of pyridine rings is 1. The molecule has 1 atom stereocenters. The number of carbonyl (C=O) groups excluding carboxylic acids is 1. The summed E-state index contributed by atoms with van der Waals surface area (Å²) in [6.07, 6.45) is 6.00. The van der Waals surface area contributed by atoms with Crippen LogP contribution in [0.5, 0.6) is 0 Å². The van der Waals surface area contributed by atoms with E-state index in [0.29, 0.717) is 17.7 Å². The molecule has 0 aromatic carbocycles. The highest BCUT2D eigenvalue weighted by molar-refractivity contribution is 5.92. The second-order valence-corrected chi connectivity index (χ2v) is 6.68. The van der Waals surface area contributed by atoms with Crippen molar-refractivity contribution in [2.75, 3.05) is 26.2 Å². The molecule has 1 saturated heterocycles. The van der Waals surface area contributed by atoms with Gasteiger partial charge < -0.3 is 9.42 Å². The predicted octanol–water partition coefficient (Wildman–Crippen LogP) is 2.47. The van der Waals surface area contributed by atoms with Gasteiger partial charge in [-0.1, -0.05) is 11.2 Å². The van der Waals surface area contributed by atoms with Crippen LogP contribution < -0.4 is 0 Å². The van der Waals surface area contributed by atoms with Crippen molar-refractivity contribution in [1.29, 1.82) is 0 Å².